The second-order valence-corrected chi connectivity index (χ2v) is 3.85. The molecule has 1 aliphatic rings. The number of aliphatic hydroxyl groups is 1. The van der Waals surface area contributed by atoms with Crippen LogP contribution in [0.25, 0.3) is 0 Å². The Labute approximate surface area is 83.3 Å². The van der Waals surface area contributed by atoms with E-state index in [0.717, 1.165) is 37.4 Å². The number of aliphatic hydroxyl groups excluding tert-OH is 1. The first kappa shape index (κ1) is 9.65. The van der Waals surface area contributed by atoms with E-state index < -0.39 is 0 Å². The summed E-state index contributed by atoms with van der Waals surface area (Å²) in [6.07, 6.45) is 6.18. The van der Waals surface area contributed by atoms with E-state index in [-0.39, 0.29) is 6.61 Å². The molecule has 0 aromatic carbocycles. The molecule has 1 aromatic rings. The van der Waals surface area contributed by atoms with Gasteiger partial charge in [0.1, 0.15) is 0 Å². The lowest BCUT2D eigenvalue weighted by Gasteiger charge is -1.93. The zero-order valence-electron chi connectivity index (χ0n) is 8.28. The Bertz CT molecular complexity index is 281. The number of hydrogen-bond acceptors (Lipinski definition) is 4. The highest BCUT2D eigenvalue weighted by Gasteiger charge is 2.28. The number of aromatic nitrogens is 2. The molecule has 78 valence electrons. The van der Waals surface area contributed by atoms with Gasteiger partial charge >= 0.3 is 0 Å². The van der Waals surface area contributed by atoms with Gasteiger partial charge in [0.25, 0.3) is 0 Å². The molecule has 1 fully saturated rings. The summed E-state index contributed by atoms with van der Waals surface area (Å²) in [5.41, 5.74) is 0. The first-order valence-electron chi connectivity index (χ1n) is 5.33. The predicted octanol–water partition coefficient (Wildman–Crippen LogP) is 1.65. The maximum absolute atomic E-state index is 8.60. The van der Waals surface area contributed by atoms with E-state index in [1.807, 2.05) is 0 Å². The van der Waals surface area contributed by atoms with Crippen LogP contribution < -0.4 is 0 Å². The van der Waals surface area contributed by atoms with E-state index in [0.29, 0.717) is 5.92 Å². The van der Waals surface area contributed by atoms with Gasteiger partial charge in [0, 0.05) is 18.9 Å². The summed E-state index contributed by atoms with van der Waals surface area (Å²) < 4.78 is 5.12. The molecule has 0 radical (unpaired) electrons. The lowest BCUT2D eigenvalue weighted by Crippen LogP contribution is -1.89. The van der Waals surface area contributed by atoms with E-state index in [4.69, 9.17) is 9.63 Å². The van der Waals surface area contributed by atoms with Gasteiger partial charge in [-0.25, -0.2) is 0 Å². The van der Waals surface area contributed by atoms with E-state index in [9.17, 15) is 0 Å². The van der Waals surface area contributed by atoms with Gasteiger partial charge in [-0.15, -0.1) is 0 Å². The number of rotatable bonds is 6. The SMILES string of the molecule is OCCCCCc1nc(C2CC2)no1. The molecule has 1 aromatic heterocycles. The Morgan fingerprint density at radius 1 is 1.29 bits per heavy atom. The van der Waals surface area contributed by atoms with Crippen molar-refractivity contribution in [2.45, 2.75) is 44.4 Å². The maximum Gasteiger partial charge on any atom is 0.226 e. The molecular weight excluding hydrogens is 180 g/mol. The van der Waals surface area contributed by atoms with Crippen molar-refractivity contribution in [1.29, 1.82) is 0 Å². The molecule has 2 rings (SSSR count). The maximum atomic E-state index is 8.60. The van der Waals surface area contributed by atoms with Gasteiger partial charge in [-0.3, -0.25) is 0 Å². The summed E-state index contributed by atoms with van der Waals surface area (Å²) >= 11 is 0. The van der Waals surface area contributed by atoms with Gasteiger partial charge in [0.05, 0.1) is 0 Å². The summed E-state index contributed by atoms with van der Waals surface area (Å²) in [5.74, 6) is 2.22. The third-order valence-corrected chi connectivity index (χ3v) is 2.48. The van der Waals surface area contributed by atoms with Gasteiger partial charge in [0.2, 0.25) is 5.89 Å². The molecule has 1 aliphatic carbocycles. The molecule has 0 atom stereocenters. The predicted molar refractivity (Wildman–Crippen MR) is 50.9 cm³/mol. The molecule has 0 saturated heterocycles. The average molecular weight is 196 g/mol. The van der Waals surface area contributed by atoms with Gasteiger partial charge in [-0.1, -0.05) is 11.6 Å². The minimum Gasteiger partial charge on any atom is -0.396 e. The lowest BCUT2D eigenvalue weighted by molar-refractivity contribution is 0.281. The Morgan fingerprint density at radius 3 is 2.86 bits per heavy atom. The van der Waals surface area contributed by atoms with Crippen LogP contribution >= 0.6 is 0 Å². The van der Waals surface area contributed by atoms with Crippen LogP contribution in [0.3, 0.4) is 0 Å². The molecule has 1 heterocycles. The van der Waals surface area contributed by atoms with Crippen LogP contribution in [0.1, 0.15) is 49.7 Å². The topological polar surface area (TPSA) is 59.2 Å². The molecule has 0 amide bonds. The van der Waals surface area contributed by atoms with E-state index in [1.54, 1.807) is 0 Å². The number of aryl methyl sites for hydroxylation is 1. The molecule has 0 spiro atoms. The summed E-state index contributed by atoms with van der Waals surface area (Å²) in [6, 6.07) is 0. The van der Waals surface area contributed by atoms with Gasteiger partial charge in [-0.05, 0) is 25.7 Å². The van der Waals surface area contributed by atoms with Crippen LogP contribution in [0.15, 0.2) is 4.52 Å². The Hall–Kier alpha value is -0.900. The number of nitrogens with zero attached hydrogens (tertiary/aromatic N) is 2. The fourth-order valence-corrected chi connectivity index (χ4v) is 1.44. The van der Waals surface area contributed by atoms with Gasteiger partial charge < -0.3 is 9.63 Å². The highest BCUT2D eigenvalue weighted by Crippen LogP contribution is 2.38. The molecule has 0 unspecified atom stereocenters. The average Bonchev–Trinajstić information content (AvgIpc) is 2.94. The fraction of sp³-hybridized carbons (Fsp3) is 0.800. The van der Waals surface area contributed by atoms with Crippen molar-refractivity contribution < 1.29 is 9.63 Å². The van der Waals surface area contributed by atoms with E-state index in [1.165, 1.54) is 12.8 Å². The van der Waals surface area contributed by atoms with Gasteiger partial charge in [0.15, 0.2) is 5.82 Å². The van der Waals surface area contributed by atoms with Crippen LogP contribution in [-0.4, -0.2) is 21.9 Å². The van der Waals surface area contributed by atoms with Crippen molar-refractivity contribution >= 4 is 0 Å². The summed E-state index contributed by atoms with van der Waals surface area (Å²) in [7, 11) is 0. The molecule has 0 aliphatic heterocycles. The van der Waals surface area contributed by atoms with Gasteiger partial charge in [-0.2, -0.15) is 4.98 Å². The number of unbranched alkanes of at least 4 members (excludes halogenated alkanes) is 2. The van der Waals surface area contributed by atoms with Crippen molar-refractivity contribution in [2.24, 2.45) is 0 Å². The first-order chi connectivity index (χ1) is 6.90. The zero-order chi connectivity index (χ0) is 9.80. The van der Waals surface area contributed by atoms with Crippen molar-refractivity contribution in [1.82, 2.24) is 10.1 Å². The van der Waals surface area contributed by atoms with Crippen molar-refractivity contribution in [3.63, 3.8) is 0 Å². The van der Waals surface area contributed by atoms with E-state index in [2.05, 4.69) is 10.1 Å². The lowest BCUT2D eigenvalue weighted by atomic mass is 10.2. The molecule has 0 bridgehead atoms. The quantitative estimate of drug-likeness (QED) is 0.703. The van der Waals surface area contributed by atoms with E-state index >= 15 is 0 Å². The van der Waals surface area contributed by atoms with Crippen LogP contribution in [0.2, 0.25) is 0 Å². The minimum atomic E-state index is 0.275. The Morgan fingerprint density at radius 2 is 2.14 bits per heavy atom. The molecule has 1 saturated carbocycles. The first-order valence-corrected chi connectivity index (χ1v) is 5.33. The third kappa shape index (κ3) is 2.54. The van der Waals surface area contributed by atoms with Crippen molar-refractivity contribution in [2.75, 3.05) is 6.61 Å². The fourth-order valence-electron chi connectivity index (χ4n) is 1.44. The second-order valence-electron chi connectivity index (χ2n) is 3.85. The smallest absolute Gasteiger partial charge is 0.226 e. The minimum absolute atomic E-state index is 0.275. The molecular formula is C10H16N2O2. The summed E-state index contributed by atoms with van der Waals surface area (Å²) in [4.78, 5) is 4.33. The molecule has 4 heteroatoms. The largest absolute Gasteiger partial charge is 0.396 e. The third-order valence-electron chi connectivity index (χ3n) is 2.48. The normalized spacial score (nSPS) is 16.1. The summed E-state index contributed by atoms with van der Waals surface area (Å²) in [5, 5.41) is 12.5. The van der Waals surface area contributed by atoms with Crippen LogP contribution in [-0.2, 0) is 6.42 Å². The Balaban J connectivity index is 1.72. The Kier molecular flexibility index (Phi) is 3.14. The van der Waals surface area contributed by atoms with Crippen molar-refractivity contribution in [3.05, 3.63) is 11.7 Å². The second kappa shape index (κ2) is 4.55. The monoisotopic (exact) mass is 196 g/mol. The van der Waals surface area contributed by atoms with Crippen LogP contribution in [0.5, 0.6) is 0 Å². The molecule has 14 heavy (non-hydrogen) atoms. The van der Waals surface area contributed by atoms with Crippen LogP contribution in [0, 0.1) is 0 Å². The summed E-state index contributed by atoms with van der Waals surface area (Å²) in [6.45, 7) is 0.275. The highest BCUT2D eigenvalue weighted by atomic mass is 16.5. The standard InChI is InChI=1S/C10H16N2O2/c13-7-3-1-2-4-9-11-10(12-14-9)8-5-6-8/h8,13H,1-7H2. The van der Waals surface area contributed by atoms with Crippen LogP contribution in [0.4, 0.5) is 0 Å². The highest BCUT2D eigenvalue weighted by molar-refractivity contribution is 5.03. The zero-order valence-corrected chi connectivity index (χ0v) is 8.28. The number of hydrogen-bond donors (Lipinski definition) is 1. The van der Waals surface area contributed by atoms with Crippen molar-refractivity contribution in [3.8, 4) is 0 Å². The molecule has 4 nitrogen and oxygen atoms in total. The molecule has 1 N–H and O–H groups in total.